The maximum atomic E-state index is 4.33. The molecular formula is C19H34N4. The van der Waals surface area contributed by atoms with Crippen molar-refractivity contribution < 1.29 is 0 Å². The number of allylic oxidation sites excluding steroid dienone is 1. The Hall–Kier alpha value is -1.29. The number of H-pyrrole nitrogens is 1. The third-order valence-electron chi connectivity index (χ3n) is 5.06. The molecular weight excluding hydrogens is 284 g/mol. The zero-order valence-corrected chi connectivity index (χ0v) is 15.4. The van der Waals surface area contributed by atoms with Gasteiger partial charge < -0.3 is 9.80 Å². The van der Waals surface area contributed by atoms with E-state index in [1.807, 2.05) is 6.20 Å². The Kier molecular flexibility index (Phi) is 6.70. The van der Waals surface area contributed by atoms with Crippen LogP contribution < -0.4 is 0 Å². The van der Waals surface area contributed by atoms with E-state index in [4.69, 9.17) is 0 Å². The third-order valence-corrected chi connectivity index (χ3v) is 5.06. The van der Waals surface area contributed by atoms with Gasteiger partial charge in [-0.05, 0) is 38.8 Å². The first kappa shape index (κ1) is 18.1. The molecule has 0 amide bonds. The number of rotatable bonds is 8. The van der Waals surface area contributed by atoms with Crippen LogP contribution >= 0.6 is 0 Å². The van der Waals surface area contributed by atoms with Crippen LogP contribution in [0, 0.1) is 5.92 Å². The molecule has 2 heterocycles. The van der Waals surface area contributed by atoms with Crippen molar-refractivity contribution in [3.8, 4) is 0 Å². The molecule has 0 saturated carbocycles. The highest BCUT2D eigenvalue weighted by atomic mass is 15.2. The van der Waals surface area contributed by atoms with Crippen molar-refractivity contribution >= 4 is 0 Å². The molecule has 0 aliphatic carbocycles. The van der Waals surface area contributed by atoms with Gasteiger partial charge in [0.2, 0.25) is 0 Å². The van der Waals surface area contributed by atoms with Gasteiger partial charge in [-0.3, -0.25) is 5.10 Å². The predicted molar refractivity (Wildman–Crippen MR) is 97.4 cm³/mol. The first-order valence-corrected chi connectivity index (χ1v) is 9.17. The summed E-state index contributed by atoms with van der Waals surface area (Å²) in [5.74, 6) is 1.16. The van der Waals surface area contributed by atoms with E-state index < -0.39 is 0 Å². The van der Waals surface area contributed by atoms with Crippen molar-refractivity contribution in [1.82, 2.24) is 20.0 Å². The summed E-state index contributed by atoms with van der Waals surface area (Å²) in [4.78, 5) is 4.87. The molecule has 0 atom stereocenters. The predicted octanol–water partition coefficient (Wildman–Crippen LogP) is 3.99. The average Bonchev–Trinajstić information content (AvgIpc) is 3.00. The van der Waals surface area contributed by atoms with E-state index in [2.05, 4.69) is 54.4 Å². The number of unbranched alkanes of at least 4 members (excludes halogenated alkanes) is 1. The molecule has 1 aromatic rings. The maximum absolute atomic E-state index is 4.33. The summed E-state index contributed by atoms with van der Waals surface area (Å²) < 4.78 is 0. The molecule has 0 unspecified atom stereocenters. The lowest BCUT2D eigenvalue weighted by Gasteiger charge is -2.36. The van der Waals surface area contributed by atoms with Crippen LogP contribution in [0.1, 0.15) is 63.6 Å². The Morgan fingerprint density at radius 1 is 1.43 bits per heavy atom. The van der Waals surface area contributed by atoms with Crippen molar-refractivity contribution in [2.75, 3.05) is 26.7 Å². The third kappa shape index (κ3) is 4.84. The maximum Gasteiger partial charge on any atom is 0.0535 e. The van der Waals surface area contributed by atoms with E-state index in [-0.39, 0.29) is 0 Å². The molecule has 0 aromatic carbocycles. The molecule has 1 N–H and O–H groups in total. The van der Waals surface area contributed by atoms with Crippen molar-refractivity contribution in [1.29, 1.82) is 0 Å². The zero-order valence-electron chi connectivity index (χ0n) is 15.4. The summed E-state index contributed by atoms with van der Waals surface area (Å²) >= 11 is 0. The number of hydrogen-bond donors (Lipinski definition) is 1. The second-order valence-corrected chi connectivity index (χ2v) is 7.31. The number of aromatic nitrogens is 2. The number of likely N-dealkylation sites (tertiary alicyclic amines) is 1. The van der Waals surface area contributed by atoms with Crippen LogP contribution in [0.25, 0.3) is 0 Å². The van der Waals surface area contributed by atoms with E-state index in [9.17, 15) is 0 Å². The first-order chi connectivity index (χ1) is 11.0. The fraction of sp³-hybridized carbons (Fsp3) is 0.737. The lowest BCUT2D eigenvalue weighted by atomic mass is 9.90. The molecule has 1 fully saturated rings. The molecule has 1 saturated heterocycles. The van der Waals surface area contributed by atoms with E-state index in [0.717, 1.165) is 26.2 Å². The molecule has 0 spiro atoms. The van der Waals surface area contributed by atoms with Crippen LogP contribution in [0.4, 0.5) is 0 Å². The van der Waals surface area contributed by atoms with Crippen LogP contribution in [-0.4, -0.2) is 46.7 Å². The Bertz CT molecular complexity index is 483. The monoisotopic (exact) mass is 318 g/mol. The number of nitrogens with zero attached hydrogens (tertiary/aromatic N) is 3. The Morgan fingerprint density at radius 2 is 2.13 bits per heavy atom. The largest absolute Gasteiger partial charge is 0.375 e. The molecule has 4 nitrogen and oxygen atoms in total. The van der Waals surface area contributed by atoms with Crippen LogP contribution in [-0.2, 0) is 6.54 Å². The van der Waals surface area contributed by atoms with E-state index in [1.54, 1.807) is 0 Å². The minimum atomic E-state index is 0.543. The molecule has 2 rings (SSSR count). The van der Waals surface area contributed by atoms with Crippen molar-refractivity contribution in [3.05, 3.63) is 29.7 Å². The topological polar surface area (TPSA) is 35.2 Å². The van der Waals surface area contributed by atoms with Crippen LogP contribution in [0.5, 0.6) is 0 Å². The molecule has 130 valence electrons. The Morgan fingerprint density at radius 3 is 2.74 bits per heavy atom. The van der Waals surface area contributed by atoms with Gasteiger partial charge >= 0.3 is 0 Å². The molecule has 23 heavy (non-hydrogen) atoms. The van der Waals surface area contributed by atoms with Crippen molar-refractivity contribution in [2.45, 2.75) is 58.9 Å². The standard InChI is InChI=1S/C19H34N4/c1-6-7-10-22(5)14-18-13-20-21-19(18)17-8-11-23(12-9-17)16(4)15(2)3/h13,15,17H,4,6-12,14H2,1-3,5H3,(H,20,21). The van der Waals surface area contributed by atoms with Gasteiger partial charge in [0.25, 0.3) is 0 Å². The molecule has 0 bridgehead atoms. The zero-order chi connectivity index (χ0) is 16.8. The quantitative estimate of drug-likeness (QED) is 0.787. The molecule has 1 aliphatic heterocycles. The smallest absolute Gasteiger partial charge is 0.0535 e. The minimum Gasteiger partial charge on any atom is -0.375 e. The molecule has 1 aromatic heterocycles. The van der Waals surface area contributed by atoms with Gasteiger partial charge in [-0.25, -0.2) is 0 Å². The summed E-state index contributed by atoms with van der Waals surface area (Å²) in [7, 11) is 2.21. The fourth-order valence-corrected chi connectivity index (χ4v) is 3.42. The average molecular weight is 319 g/mol. The number of piperidine rings is 1. The van der Waals surface area contributed by atoms with E-state index >= 15 is 0 Å². The van der Waals surface area contributed by atoms with Gasteiger partial charge in [-0.1, -0.05) is 33.8 Å². The van der Waals surface area contributed by atoms with Gasteiger partial charge in [0.05, 0.1) is 6.20 Å². The number of hydrogen-bond acceptors (Lipinski definition) is 3. The molecule has 1 aliphatic rings. The van der Waals surface area contributed by atoms with Gasteiger partial charge in [0.1, 0.15) is 0 Å². The van der Waals surface area contributed by atoms with Gasteiger partial charge in [-0.2, -0.15) is 5.10 Å². The fourth-order valence-electron chi connectivity index (χ4n) is 3.42. The summed E-state index contributed by atoms with van der Waals surface area (Å²) in [6.45, 7) is 15.4. The highest BCUT2D eigenvalue weighted by Crippen LogP contribution is 2.31. The second kappa shape index (κ2) is 8.53. The lowest BCUT2D eigenvalue weighted by Crippen LogP contribution is -2.34. The van der Waals surface area contributed by atoms with Crippen LogP contribution in [0.3, 0.4) is 0 Å². The minimum absolute atomic E-state index is 0.543. The van der Waals surface area contributed by atoms with E-state index in [0.29, 0.717) is 11.8 Å². The highest BCUT2D eigenvalue weighted by Gasteiger charge is 2.25. The van der Waals surface area contributed by atoms with Crippen LogP contribution in [0.2, 0.25) is 0 Å². The lowest BCUT2D eigenvalue weighted by molar-refractivity contribution is 0.241. The summed E-state index contributed by atoms with van der Waals surface area (Å²) in [6.07, 6.45) is 6.93. The number of aromatic amines is 1. The summed E-state index contributed by atoms with van der Waals surface area (Å²) in [5, 5.41) is 7.62. The SMILES string of the molecule is C=C(C(C)C)N1CCC(c2[nH]ncc2CN(C)CCCC)CC1. The van der Waals surface area contributed by atoms with Crippen molar-refractivity contribution in [3.63, 3.8) is 0 Å². The van der Waals surface area contributed by atoms with Gasteiger partial charge in [0.15, 0.2) is 0 Å². The van der Waals surface area contributed by atoms with Crippen LogP contribution in [0.15, 0.2) is 18.5 Å². The Balaban J connectivity index is 1.91. The molecule has 4 heteroatoms. The molecule has 0 radical (unpaired) electrons. The second-order valence-electron chi connectivity index (χ2n) is 7.31. The van der Waals surface area contributed by atoms with E-state index in [1.165, 1.54) is 42.6 Å². The number of nitrogens with one attached hydrogen (secondary N) is 1. The van der Waals surface area contributed by atoms with Gasteiger partial charge in [-0.15, -0.1) is 0 Å². The first-order valence-electron chi connectivity index (χ1n) is 9.17. The van der Waals surface area contributed by atoms with Gasteiger partial charge in [0, 0.05) is 42.5 Å². The Labute approximate surface area is 141 Å². The van der Waals surface area contributed by atoms with Crippen molar-refractivity contribution in [2.24, 2.45) is 5.92 Å². The highest BCUT2D eigenvalue weighted by molar-refractivity contribution is 5.21. The normalized spacial score (nSPS) is 16.5. The summed E-state index contributed by atoms with van der Waals surface area (Å²) in [6, 6.07) is 0. The summed E-state index contributed by atoms with van der Waals surface area (Å²) in [5.41, 5.74) is 4.03.